The van der Waals surface area contributed by atoms with Crippen molar-refractivity contribution < 1.29 is 35.9 Å². The van der Waals surface area contributed by atoms with Gasteiger partial charge in [0.1, 0.15) is 11.6 Å². The fourth-order valence-corrected chi connectivity index (χ4v) is 7.67. The van der Waals surface area contributed by atoms with Crippen molar-refractivity contribution in [1.29, 1.82) is 0 Å². The van der Waals surface area contributed by atoms with E-state index in [1.807, 2.05) is 13.0 Å². The van der Waals surface area contributed by atoms with Crippen molar-refractivity contribution in [2.24, 2.45) is 11.8 Å². The monoisotopic (exact) mass is 677 g/mol. The summed E-state index contributed by atoms with van der Waals surface area (Å²) in [5.41, 5.74) is 3.06. The van der Waals surface area contributed by atoms with Gasteiger partial charge in [-0.3, -0.25) is 14.3 Å². The third-order valence-corrected chi connectivity index (χ3v) is 10.7. The number of hydrogen-bond donors (Lipinski definition) is 4. The lowest BCUT2D eigenvalue weighted by Gasteiger charge is -2.18. The average Bonchev–Trinajstić information content (AvgIpc) is 3.37. The zero-order valence-corrected chi connectivity index (χ0v) is 27.8. The van der Waals surface area contributed by atoms with Gasteiger partial charge >= 0.3 is 5.97 Å². The van der Waals surface area contributed by atoms with Crippen LogP contribution in [0.1, 0.15) is 43.3 Å². The lowest BCUT2D eigenvalue weighted by Crippen LogP contribution is -2.44. The predicted molar refractivity (Wildman–Crippen MR) is 181 cm³/mol. The van der Waals surface area contributed by atoms with Crippen LogP contribution in [0.15, 0.2) is 99.2 Å². The van der Waals surface area contributed by atoms with Crippen LogP contribution in [-0.2, 0) is 24.8 Å². The summed E-state index contributed by atoms with van der Waals surface area (Å²) in [7, 11) is -7.90. The number of carboxylic acid groups (broad SMARTS) is 1. The summed E-state index contributed by atoms with van der Waals surface area (Å²) in [5.74, 6) is -1.92. The number of furan rings is 1. The Kier molecular flexibility index (Phi) is 9.43. The number of allylic oxidation sites excluding steroid dienone is 3. The first-order chi connectivity index (χ1) is 22.2. The van der Waals surface area contributed by atoms with E-state index in [1.54, 1.807) is 87.5 Å². The van der Waals surface area contributed by atoms with Crippen molar-refractivity contribution in [3.63, 3.8) is 0 Å². The van der Waals surface area contributed by atoms with Gasteiger partial charge in [0.2, 0.25) is 10.0 Å². The van der Waals surface area contributed by atoms with Gasteiger partial charge in [-0.15, -0.1) is 0 Å². The van der Waals surface area contributed by atoms with Gasteiger partial charge in [0, 0.05) is 16.6 Å². The number of hydrogen-bond acceptors (Lipinski definition) is 7. The molecule has 0 radical (unpaired) electrons. The number of sulfonamides is 2. The summed E-state index contributed by atoms with van der Waals surface area (Å²) in [6.45, 7) is 6.93. The smallest absolute Gasteiger partial charge is 0.322 e. The van der Waals surface area contributed by atoms with Crippen LogP contribution in [0.2, 0.25) is 0 Å². The number of benzene rings is 3. The van der Waals surface area contributed by atoms with Crippen LogP contribution < -0.4 is 14.8 Å². The largest absolute Gasteiger partial charge is 0.480 e. The van der Waals surface area contributed by atoms with E-state index in [2.05, 4.69) is 14.8 Å². The van der Waals surface area contributed by atoms with E-state index < -0.39 is 43.9 Å². The highest BCUT2D eigenvalue weighted by Gasteiger charge is 2.28. The normalized spacial score (nSPS) is 15.8. The van der Waals surface area contributed by atoms with E-state index in [1.165, 1.54) is 12.1 Å². The first kappa shape index (κ1) is 33.6. The molecule has 1 heterocycles. The van der Waals surface area contributed by atoms with Crippen molar-refractivity contribution in [1.82, 2.24) is 4.72 Å². The van der Waals surface area contributed by atoms with Crippen molar-refractivity contribution in [3.05, 3.63) is 101 Å². The Balaban J connectivity index is 1.30. The number of aryl methyl sites for hydroxylation is 1. The Morgan fingerprint density at radius 3 is 2.13 bits per heavy atom. The van der Waals surface area contributed by atoms with Crippen LogP contribution in [0.4, 0.5) is 11.4 Å². The number of carbonyl (C=O) groups is 2. The third-order valence-electron chi connectivity index (χ3n) is 7.85. The molecular weight excluding hydrogens is 643 g/mol. The number of carboxylic acids is 1. The standard InChI is InChI=1S/C34H35N3O8S2/c1-20(2)31(34(39)40)37-47(43,44)27-18-12-24(13-19-27)23-10-14-25(15-11-23)35-33(38)32-22(4)30-28(6-5-7-29(30)45-32)36-46(41,42)26-16-8-21(3)9-17-26/h5-8,10-21,31,36-37H,9H2,1-4H3,(H,35,38)(H,39,40)/t21?,31-/m0/s1. The number of nitrogens with one attached hydrogen (secondary N) is 3. The molecular formula is C34H35N3O8S2. The fraction of sp³-hybridized carbons (Fsp3) is 0.235. The van der Waals surface area contributed by atoms with Gasteiger partial charge in [-0.05, 0) is 78.8 Å². The van der Waals surface area contributed by atoms with Gasteiger partial charge in [0.25, 0.3) is 15.9 Å². The molecule has 1 aromatic heterocycles. The van der Waals surface area contributed by atoms with E-state index in [0.717, 1.165) is 5.56 Å². The second-order valence-corrected chi connectivity index (χ2v) is 15.2. The second kappa shape index (κ2) is 13.2. The van der Waals surface area contributed by atoms with Crippen molar-refractivity contribution in [3.8, 4) is 11.1 Å². The minimum atomic E-state index is -4.05. The van der Waals surface area contributed by atoms with Crippen molar-refractivity contribution in [2.45, 2.75) is 45.1 Å². The Morgan fingerprint density at radius 2 is 1.55 bits per heavy atom. The number of rotatable bonds is 11. The molecule has 0 saturated heterocycles. The number of carbonyl (C=O) groups excluding carboxylic acids is 1. The lowest BCUT2D eigenvalue weighted by atomic mass is 10.0. The zero-order chi connectivity index (χ0) is 34.1. The molecule has 4 N–H and O–H groups in total. The maximum Gasteiger partial charge on any atom is 0.322 e. The molecule has 47 heavy (non-hydrogen) atoms. The Labute approximate surface area is 273 Å². The van der Waals surface area contributed by atoms with Gasteiger partial charge in [-0.1, -0.05) is 63.3 Å². The summed E-state index contributed by atoms with van der Waals surface area (Å²) in [4.78, 5) is 24.8. The topological polar surface area (TPSA) is 172 Å². The molecule has 2 atom stereocenters. The Bertz CT molecular complexity index is 2110. The molecule has 1 aliphatic carbocycles. The van der Waals surface area contributed by atoms with Crippen LogP contribution in [0.3, 0.4) is 0 Å². The first-order valence-corrected chi connectivity index (χ1v) is 17.8. The molecule has 0 spiro atoms. The number of fused-ring (bicyclic) bond motifs is 1. The highest BCUT2D eigenvalue weighted by atomic mass is 32.2. The Morgan fingerprint density at radius 1 is 0.915 bits per heavy atom. The van der Waals surface area contributed by atoms with Crippen LogP contribution >= 0.6 is 0 Å². The lowest BCUT2D eigenvalue weighted by molar-refractivity contribution is -0.140. The molecule has 1 aliphatic rings. The molecule has 0 aliphatic heterocycles. The maximum absolute atomic E-state index is 13.3. The first-order valence-electron chi connectivity index (χ1n) is 14.9. The number of anilines is 2. The highest BCUT2D eigenvalue weighted by Crippen LogP contribution is 2.34. The molecule has 1 amide bonds. The summed E-state index contributed by atoms with van der Waals surface area (Å²) < 4.78 is 62.4. The Hall–Kier alpha value is -4.72. The van der Waals surface area contributed by atoms with E-state index in [4.69, 9.17) is 4.42 Å². The number of aliphatic carboxylic acids is 1. The van der Waals surface area contributed by atoms with Gasteiger partial charge in [-0.2, -0.15) is 4.72 Å². The molecule has 0 fully saturated rings. The molecule has 246 valence electrons. The van der Waals surface area contributed by atoms with Gasteiger partial charge in [0.05, 0.1) is 15.5 Å². The third kappa shape index (κ3) is 7.32. The molecule has 11 nitrogen and oxygen atoms in total. The van der Waals surface area contributed by atoms with E-state index in [0.29, 0.717) is 39.9 Å². The predicted octanol–water partition coefficient (Wildman–Crippen LogP) is 6.27. The molecule has 3 aromatic carbocycles. The minimum absolute atomic E-state index is 0.0364. The zero-order valence-electron chi connectivity index (χ0n) is 26.1. The summed E-state index contributed by atoms with van der Waals surface area (Å²) in [6.07, 6.45) is 5.74. The maximum atomic E-state index is 13.3. The average molecular weight is 678 g/mol. The van der Waals surface area contributed by atoms with Crippen LogP contribution in [-0.4, -0.2) is 39.9 Å². The molecule has 0 bridgehead atoms. The summed E-state index contributed by atoms with van der Waals surface area (Å²) in [5, 5.41) is 12.6. The quantitative estimate of drug-likeness (QED) is 0.144. The highest BCUT2D eigenvalue weighted by molar-refractivity contribution is 7.96. The van der Waals surface area contributed by atoms with Gasteiger partial charge in [0.15, 0.2) is 5.76 Å². The molecule has 1 unspecified atom stereocenters. The van der Waals surface area contributed by atoms with Crippen LogP contribution in [0.25, 0.3) is 22.1 Å². The number of amides is 1. The SMILES string of the molecule is Cc1c(C(=O)Nc2ccc(-c3ccc(S(=O)(=O)N[C@H](C(=O)O)C(C)C)cc3)cc2)oc2cccc(NS(=O)(=O)C3=CCC(C)C=C3)c12. The molecule has 4 aromatic rings. The van der Waals surface area contributed by atoms with E-state index in [9.17, 15) is 31.5 Å². The molecule has 0 saturated carbocycles. The summed E-state index contributed by atoms with van der Waals surface area (Å²) in [6, 6.07) is 16.6. The second-order valence-electron chi connectivity index (χ2n) is 11.8. The van der Waals surface area contributed by atoms with Gasteiger partial charge in [-0.25, -0.2) is 16.8 Å². The van der Waals surface area contributed by atoms with Gasteiger partial charge < -0.3 is 14.8 Å². The van der Waals surface area contributed by atoms with Crippen molar-refractivity contribution in [2.75, 3.05) is 10.0 Å². The molecule has 13 heteroatoms. The molecule has 5 rings (SSSR count). The minimum Gasteiger partial charge on any atom is -0.480 e. The summed E-state index contributed by atoms with van der Waals surface area (Å²) >= 11 is 0. The van der Waals surface area contributed by atoms with E-state index >= 15 is 0 Å². The van der Waals surface area contributed by atoms with Crippen LogP contribution in [0.5, 0.6) is 0 Å². The van der Waals surface area contributed by atoms with Crippen molar-refractivity contribution >= 4 is 54.3 Å². The fourth-order valence-electron chi connectivity index (χ4n) is 5.18. The van der Waals surface area contributed by atoms with E-state index in [-0.39, 0.29) is 21.5 Å². The van der Waals surface area contributed by atoms with Crippen LogP contribution in [0, 0.1) is 18.8 Å².